The summed E-state index contributed by atoms with van der Waals surface area (Å²) in [6, 6.07) is 18.6. The van der Waals surface area contributed by atoms with E-state index in [1.54, 1.807) is 18.2 Å². The van der Waals surface area contributed by atoms with Gasteiger partial charge in [-0.3, -0.25) is 14.4 Å². The zero-order valence-electron chi connectivity index (χ0n) is 22.3. The average Bonchev–Trinajstić information content (AvgIpc) is 2.81. The molecule has 0 aliphatic heterocycles. The molecule has 3 aromatic carbocycles. The van der Waals surface area contributed by atoms with Crippen molar-refractivity contribution in [3.05, 3.63) is 93.0 Å². The normalized spacial score (nSPS) is 23.1. The minimum absolute atomic E-state index is 0.312. The predicted molar refractivity (Wildman–Crippen MR) is 153 cm³/mol. The SMILES string of the molecule is Cc1ccc(NC(=O)C2C(=O)CC(C)(O)C(C(=O)Nc3ccc(C)cc3C)C2c2cccc(Br)c2)c(C)c1. The molecule has 1 saturated carbocycles. The third-order valence-corrected chi connectivity index (χ3v) is 7.84. The number of Topliss-reactive ketones (excluding diaryl/α,β-unsaturated/α-hetero) is 1. The topological polar surface area (TPSA) is 95.5 Å². The van der Waals surface area contributed by atoms with E-state index in [1.807, 2.05) is 70.2 Å². The van der Waals surface area contributed by atoms with Gasteiger partial charge in [-0.25, -0.2) is 0 Å². The molecule has 6 nitrogen and oxygen atoms in total. The number of benzene rings is 3. The summed E-state index contributed by atoms with van der Waals surface area (Å²) in [6.07, 6.45) is -0.312. The maximum atomic E-state index is 13.9. The molecule has 4 atom stereocenters. The highest BCUT2D eigenvalue weighted by Gasteiger charge is 2.56. The Morgan fingerprint density at radius 1 is 0.868 bits per heavy atom. The van der Waals surface area contributed by atoms with Gasteiger partial charge in [-0.05, 0) is 75.6 Å². The van der Waals surface area contributed by atoms with Gasteiger partial charge in [0.15, 0.2) is 0 Å². The fraction of sp³-hybridized carbons (Fsp3) is 0.323. The third kappa shape index (κ3) is 5.74. The van der Waals surface area contributed by atoms with Crippen LogP contribution in [0.25, 0.3) is 0 Å². The van der Waals surface area contributed by atoms with Crippen LogP contribution in [0.15, 0.2) is 65.1 Å². The van der Waals surface area contributed by atoms with E-state index in [1.165, 1.54) is 6.92 Å². The zero-order chi connectivity index (χ0) is 27.8. The molecule has 3 N–H and O–H groups in total. The second-order valence-electron chi connectivity index (χ2n) is 10.7. The Kier molecular flexibility index (Phi) is 7.90. The number of rotatable bonds is 5. The minimum atomic E-state index is -1.66. The molecule has 1 fully saturated rings. The van der Waals surface area contributed by atoms with Crippen molar-refractivity contribution in [3.63, 3.8) is 0 Å². The molecule has 0 saturated heterocycles. The number of anilines is 2. The third-order valence-electron chi connectivity index (χ3n) is 7.35. The highest BCUT2D eigenvalue weighted by Crippen LogP contribution is 2.47. The fourth-order valence-electron chi connectivity index (χ4n) is 5.53. The molecule has 7 heteroatoms. The number of hydrogen-bond donors (Lipinski definition) is 3. The summed E-state index contributed by atoms with van der Waals surface area (Å²) in [5.41, 5.74) is 4.06. The van der Waals surface area contributed by atoms with E-state index in [9.17, 15) is 19.5 Å². The molecular formula is C31H33BrN2O4. The number of halogens is 1. The van der Waals surface area contributed by atoms with Crippen LogP contribution in [0.2, 0.25) is 0 Å². The number of carbonyl (C=O) groups excluding carboxylic acids is 3. The van der Waals surface area contributed by atoms with Crippen molar-refractivity contribution in [2.75, 3.05) is 10.6 Å². The summed E-state index contributed by atoms with van der Waals surface area (Å²) in [5, 5.41) is 17.4. The van der Waals surface area contributed by atoms with Crippen LogP contribution in [0, 0.1) is 39.5 Å². The maximum absolute atomic E-state index is 13.9. The van der Waals surface area contributed by atoms with E-state index >= 15 is 0 Å². The second-order valence-corrected chi connectivity index (χ2v) is 11.6. The van der Waals surface area contributed by atoms with Crippen molar-refractivity contribution >= 4 is 44.9 Å². The van der Waals surface area contributed by atoms with Gasteiger partial charge in [-0.2, -0.15) is 0 Å². The molecule has 3 aromatic rings. The highest BCUT2D eigenvalue weighted by atomic mass is 79.9. The minimum Gasteiger partial charge on any atom is -0.389 e. The van der Waals surface area contributed by atoms with Gasteiger partial charge in [0.25, 0.3) is 0 Å². The molecule has 4 unspecified atom stereocenters. The summed E-state index contributed by atoms with van der Waals surface area (Å²) in [6.45, 7) is 9.23. The van der Waals surface area contributed by atoms with Gasteiger partial charge < -0.3 is 15.7 Å². The van der Waals surface area contributed by atoms with E-state index < -0.39 is 41.0 Å². The van der Waals surface area contributed by atoms with Gasteiger partial charge in [-0.15, -0.1) is 0 Å². The van der Waals surface area contributed by atoms with Crippen LogP contribution < -0.4 is 10.6 Å². The van der Waals surface area contributed by atoms with E-state index in [-0.39, 0.29) is 6.42 Å². The number of hydrogen-bond acceptors (Lipinski definition) is 4. The summed E-state index contributed by atoms with van der Waals surface area (Å²) in [4.78, 5) is 41.1. The van der Waals surface area contributed by atoms with E-state index in [0.29, 0.717) is 16.9 Å². The van der Waals surface area contributed by atoms with Crippen molar-refractivity contribution < 1.29 is 19.5 Å². The first-order valence-corrected chi connectivity index (χ1v) is 13.4. The largest absolute Gasteiger partial charge is 0.389 e. The zero-order valence-corrected chi connectivity index (χ0v) is 23.8. The van der Waals surface area contributed by atoms with Crippen LogP contribution in [-0.2, 0) is 14.4 Å². The molecule has 4 rings (SSSR count). The number of ketones is 1. The lowest BCUT2D eigenvalue weighted by Gasteiger charge is -2.44. The summed E-state index contributed by atoms with van der Waals surface area (Å²) in [5.74, 6) is -4.46. The molecule has 198 valence electrons. The molecular weight excluding hydrogens is 544 g/mol. The maximum Gasteiger partial charge on any atom is 0.235 e. The lowest BCUT2D eigenvalue weighted by atomic mass is 9.61. The lowest BCUT2D eigenvalue weighted by molar-refractivity contribution is -0.150. The van der Waals surface area contributed by atoms with Gasteiger partial charge in [-0.1, -0.05) is 63.5 Å². The smallest absolute Gasteiger partial charge is 0.235 e. The first-order valence-electron chi connectivity index (χ1n) is 12.6. The molecule has 2 amide bonds. The lowest BCUT2D eigenvalue weighted by Crippen LogP contribution is -2.56. The van der Waals surface area contributed by atoms with E-state index in [2.05, 4.69) is 26.6 Å². The number of aliphatic hydroxyl groups is 1. The van der Waals surface area contributed by atoms with Gasteiger partial charge in [0, 0.05) is 28.2 Å². The molecule has 0 spiro atoms. The Labute approximate surface area is 232 Å². The van der Waals surface area contributed by atoms with Crippen molar-refractivity contribution in [2.45, 2.75) is 52.6 Å². The number of amides is 2. The van der Waals surface area contributed by atoms with Crippen molar-refractivity contribution in [1.82, 2.24) is 0 Å². The van der Waals surface area contributed by atoms with Crippen LogP contribution >= 0.6 is 15.9 Å². The van der Waals surface area contributed by atoms with Gasteiger partial charge in [0.05, 0.1) is 11.5 Å². The van der Waals surface area contributed by atoms with Crippen molar-refractivity contribution in [1.29, 1.82) is 0 Å². The Balaban J connectivity index is 1.78. The molecule has 38 heavy (non-hydrogen) atoms. The first kappa shape index (κ1) is 27.7. The van der Waals surface area contributed by atoms with E-state index in [0.717, 1.165) is 26.7 Å². The fourth-order valence-corrected chi connectivity index (χ4v) is 5.95. The molecule has 0 heterocycles. The highest BCUT2D eigenvalue weighted by molar-refractivity contribution is 9.10. The quantitative estimate of drug-likeness (QED) is 0.324. The van der Waals surface area contributed by atoms with Crippen molar-refractivity contribution in [2.24, 2.45) is 11.8 Å². The monoisotopic (exact) mass is 576 g/mol. The molecule has 0 aromatic heterocycles. The van der Waals surface area contributed by atoms with E-state index in [4.69, 9.17) is 0 Å². The van der Waals surface area contributed by atoms with Crippen LogP contribution in [0.3, 0.4) is 0 Å². The van der Waals surface area contributed by atoms with Crippen LogP contribution in [0.5, 0.6) is 0 Å². The first-order chi connectivity index (χ1) is 17.9. The number of nitrogens with one attached hydrogen (secondary N) is 2. The number of aryl methyl sites for hydroxylation is 4. The Morgan fingerprint density at radius 2 is 1.42 bits per heavy atom. The standard InChI is InChI=1S/C31H33BrN2O4/c1-17-9-11-23(19(3)13-17)33-29(36)27-25(35)16-31(5,38)28(26(27)21-7-6-8-22(32)15-21)30(37)34-24-12-10-18(2)14-20(24)4/h6-15,26-28,38H,16H2,1-5H3,(H,33,36)(H,34,37). The van der Waals surface area contributed by atoms with Crippen molar-refractivity contribution in [3.8, 4) is 0 Å². The predicted octanol–water partition coefficient (Wildman–Crippen LogP) is 6.00. The van der Waals surface area contributed by atoms with Gasteiger partial charge >= 0.3 is 0 Å². The molecule has 1 aliphatic rings. The Hall–Kier alpha value is -3.29. The summed E-state index contributed by atoms with van der Waals surface area (Å²) in [7, 11) is 0. The Morgan fingerprint density at radius 3 is 1.95 bits per heavy atom. The molecule has 0 bridgehead atoms. The molecule has 1 aliphatic carbocycles. The van der Waals surface area contributed by atoms with Gasteiger partial charge in [0.2, 0.25) is 11.8 Å². The second kappa shape index (κ2) is 10.8. The summed E-state index contributed by atoms with van der Waals surface area (Å²) >= 11 is 3.48. The number of carbonyl (C=O) groups is 3. The van der Waals surface area contributed by atoms with Crippen LogP contribution in [0.4, 0.5) is 11.4 Å². The van der Waals surface area contributed by atoms with Crippen LogP contribution in [-0.4, -0.2) is 28.3 Å². The summed E-state index contributed by atoms with van der Waals surface area (Å²) < 4.78 is 0.745. The average molecular weight is 578 g/mol. The molecule has 0 radical (unpaired) electrons. The van der Waals surface area contributed by atoms with Gasteiger partial charge in [0.1, 0.15) is 11.7 Å². The Bertz CT molecular complexity index is 1410. The van der Waals surface area contributed by atoms with Crippen LogP contribution in [0.1, 0.15) is 47.1 Å².